The Bertz CT molecular complexity index is 386. The number of carbonyl (C=O) groups excluding carboxylic acids is 1. The molecule has 1 amide bonds. The molecule has 5 nitrogen and oxygen atoms in total. The van der Waals surface area contributed by atoms with Crippen LogP contribution in [0.1, 0.15) is 11.1 Å². The van der Waals surface area contributed by atoms with Gasteiger partial charge >= 0.3 is 0 Å². The van der Waals surface area contributed by atoms with Crippen molar-refractivity contribution in [3.8, 4) is 5.75 Å². The van der Waals surface area contributed by atoms with Crippen molar-refractivity contribution < 1.29 is 19.7 Å². The Morgan fingerprint density at radius 1 is 1.39 bits per heavy atom. The molecule has 0 bridgehead atoms. The second-order valence-electron chi connectivity index (χ2n) is 4.15. The zero-order valence-corrected chi connectivity index (χ0v) is 10.6. The molecular formula is C13H19NO4. The van der Waals surface area contributed by atoms with Gasteiger partial charge in [-0.15, -0.1) is 0 Å². The molecule has 0 aliphatic heterocycles. The molecule has 0 aliphatic carbocycles. The summed E-state index contributed by atoms with van der Waals surface area (Å²) in [4.78, 5) is 10.8. The molecular weight excluding hydrogens is 234 g/mol. The highest BCUT2D eigenvalue weighted by molar-refractivity contribution is 5.76. The molecule has 1 rings (SSSR count). The smallest absolute Gasteiger partial charge is 0.245 e. The molecule has 5 heteroatoms. The first-order valence-corrected chi connectivity index (χ1v) is 5.79. The number of aliphatic hydroxyl groups excluding tert-OH is 2. The quantitative estimate of drug-likeness (QED) is 0.674. The van der Waals surface area contributed by atoms with E-state index in [0.717, 1.165) is 16.9 Å². The Kier molecular flexibility index (Phi) is 5.61. The minimum atomic E-state index is -0.806. The van der Waals surface area contributed by atoms with Gasteiger partial charge in [0.2, 0.25) is 5.91 Å². The van der Waals surface area contributed by atoms with Gasteiger partial charge in [0.15, 0.2) is 0 Å². The van der Waals surface area contributed by atoms with E-state index in [1.54, 1.807) is 0 Å². The number of aliphatic hydroxyl groups is 2. The molecule has 100 valence electrons. The maximum atomic E-state index is 10.8. The van der Waals surface area contributed by atoms with Crippen LogP contribution >= 0.6 is 0 Å². The molecule has 1 aromatic carbocycles. The highest BCUT2D eigenvalue weighted by Gasteiger charge is 2.09. The van der Waals surface area contributed by atoms with Crippen LogP contribution in [0.5, 0.6) is 5.75 Å². The second-order valence-corrected chi connectivity index (χ2v) is 4.15. The molecule has 1 aromatic rings. The number of rotatable bonds is 6. The number of ether oxygens (including phenoxy) is 1. The highest BCUT2D eigenvalue weighted by atomic mass is 16.5. The molecule has 0 fully saturated rings. The van der Waals surface area contributed by atoms with Crippen LogP contribution in [-0.2, 0) is 4.79 Å². The largest absolute Gasteiger partial charge is 0.490 e. The Morgan fingerprint density at radius 2 is 2.00 bits per heavy atom. The topological polar surface area (TPSA) is 78.8 Å². The van der Waals surface area contributed by atoms with Crippen LogP contribution in [0.25, 0.3) is 0 Å². The third kappa shape index (κ3) is 4.35. The molecule has 1 atom stereocenters. The third-order valence-corrected chi connectivity index (χ3v) is 2.51. The van der Waals surface area contributed by atoms with E-state index in [4.69, 9.17) is 9.84 Å². The maximum Gasteiger partial charge on any atom is 0.245 e. The van der Waals surface area contributed by atoms with Crippen LogP contribution in [-0.4, -0.2) is 42.0 Å². The fourth-order valence-electron chi connectivity index (χ4n) is 1.55. The van der Waals surface area contributed by atoms with E-state index in [1.807, 2.05) is 32.0 Å². The summed E-state index contributed by atoms with van der Waals surface area (Å²) in [5, 5.41) is 20.5. The monoisotopic (exact) mass is 253 g/mol. The second kappa shape index (κ2) is 6.98. The molecule has 0 radical (unpaired) electrons. The molecule has 1 unspecified atom stereocenters. The molecule has 0 spiro atoms. The minimum absolute atomic E-state index is 0.0598. The molecule has 3 N–H and O–H groups in total. The fraction of sp³-hybridized carbons (Fsp3) is 0.462. The number of para-hydroxylation sites is 1. The number of nitrogens with one attached hydrogen (secondary N) is 1. The molecule has 0 aromatic heterocycles. The van der Waals surface area contributed by atoms with Crippen LogP contribution in [0.15, 0.2) is 18.2 Å². The van der Waals surface area contributed by atoms with Gasteiger partial charge in [0.25, 0.3) is 0 Å². The van der Waals surface area contributed by atoms with Crippen molar-refractivity contribution in [2.24, 2.45) is 0 Å². The highest BCUT2D eigenvalue weighted by Crippen LogP contribution is 2.22. The minimum Gasteiger partial charge on any atom is -0.490 e. The number of amides is 1. The lowest BCUT2D eigenvalue weighted by molar-refractivity contribution is -0.124. The lowest BCUT2D eigenvalue weighted by Gasteiger charge is -2.15. The molecule has 0 saturated heterocycles. The Hall–Kier alpha value is -1.59. The van der Waals surface area contributed by atoms with Crippen molar-refractivity contribution >= 4 is 5.91 Å². The lowest BCUT2D eigenvalue weighted by Crippen LogP contribution is -2.36. The van der Waals surface area contributed by atoms with Crippen molar-refractivity contribution in [1.82, 2.24) is 5.32 Å². The first kappa shape index (κ1) is 14.5. The summed E-state index contributed by atoms with van der Waals surface area (Å²) in [5.41, 5.74) is 2.00. The van der Waals surface area contributed by atoms with Gasteiger partial charge in [0.1, 0.15) is 25.1 Å². The Labute approximate surface area is 106 Å². The van der Waals surface area contributed by atoms with Gasteiger partial charge in [-0.05, 0) is 25.0 Å². The zero-order chi connectivity index (χ0) is 13.5. The lowest BCUT2D eigenvalue weighted by atomic mass is 10.1. The normalized spacial score (nSPS) is 12.0. The van der Waals surface area contributed by atoms with E-state index in [9.17, 15) is 9.90 Å². The predicted octanol–water partition coefficient (Wildman–Crippen LogP) is 0.152. The summed E-state index contributed by atoms with van der Waals surface area (Å²) in [6, 6.07) is 5.81. The third-order valence-electron chi connectivity index (χ3n) is 2.51. The van der Waals surface area contributed by atoms with Gasteiger partial charge < -0.3 is 20.3 Å². The van der Waals surface area contributed by atoms with E-state index in [-0.39, 0.29) is 13.2 Å². The Morgan fingerprint density at radius 3 is 2.56 bits per heavy atom. The van der Waals surface area contributed by atoms with Crippen LogP contribution in [0, 0.1) is 13.8 Å². The summed E-state index contributed by atoms with van der Waals surface area (Å²) in [6.45, 7) is 3.44. The van der Waals surface area contributed by atoms with E-state index >= 15 is 0 Å². The van der Waals surface area contributed by atoms with Gasteiger partial charge in [-0.3, -0.25) is 4.79 Å². The fourth-order valence-corrected chi connectivity index (χ4v) is 1.55. The van der Waals surface area contributed by atoms with Crippen molar-refractivity contribution in [2.75, 3.05) is 19.8 Å². The van der Waals surface area contributed by atoms with Gasteiger partial charge in [0.05, 0.1) is 0 Å². The van der Waals surface area contributed by atoms with Crippen molar-refractivity contribution in [1.29, 1.82) is 0 Å². The maximum absolute atomic E-state index is 10.8. The average molecular weight is 253 g/mol. The number of carbonyl (C=O) groups is 1. The molecule has 0 aliphatic rings. The number of hydrogen-bond acceptors (Lipinski definition) is 4. The average Bonchev–Trinajstić information content (AvgIpc) is 2.35. The number of aryl methyl sites for hydroxylation is 2. The van der Waals surface area contributed by atoms with E-state index in [2.05, 4.69) is 5.32 Å². The van der Waals surface area contributed by atoms with Gasteiger partial charge in [-0.25, -0.2) is 0 Å². The zero-order valence-electron chi connectivity index (χ0n) is 10.6. The number of benzene rings is 1. The van der Waals surface area contributed by atoms with Gasteiger partial charge in [-0.2, -0.15) is 0 Å². The van der Waals surface area contributed by atoms with Crippen molar-refractivity contribution in [3.63, 3.8) is 0 Å². The standard InChI is InChI=1S/C13H19NO4/c1-9-4-3-5-10(2)13(9)18-8-11(16)6-14-12(17)7-15/h3-5,11,15-16H,6-8H2,1-2H3,(H,14,17). The summed E-state index contributed by atoms with van der Waals surface area (Å²) >= 11 is 0. The van der Waals surface area contributed by atoms with Crippen LogP contribution in [0.2, 0.25) is 0 Å². The summed E-state index contributed by atoms with van der Waals surface area (Å²) in [7, 11) is 0. The van der Waals surface area contributed by atoms with E-state index < -0.39 is 18.6 Å². The first-order valence-electron chi connectivity index (χ1n) is 5.79. The molecule has 0 saturated carbocycles. The SMILES string of the molecule is Cc1cccc(C)c1OCC(O)CNC(=O)CO. The molecule has 0 heterocycles. The first-order chi connectivity index (χ1) is 8.54. The van der Waals surface area contributed by atoms with E-state index in [1.165, 1.54) is 0 Å². The van der Waals surface area contributed by atoms with Crippen LogP contribution < -0.4 is 10.1 Å². The Balaban J connectivity index is 2.43. The van der Waals surface area contributed by atoms with Crippen LogP contribution in [0.4, 0.5) is 0 Å². The summed E-state index contributed by atoms with van der Waals surface area (Å²) < 4.78 is 5.53. The predicted molar refractivity (Wildman–Crippen MR) is 67.5 cm³/mol. The summed E-state index contributed by atoms with van der Waals surface area (Å²) in [6.07, 6.45) is -0.806. The van der Waals surface area contributed by atoms with Crippen LogP contribution in [0.3, 0.4) is 0 Å². The van der Waals surface area contributed by atoms with Crippen molar-refractivity contribution in [2.45, 2.75) is 20.0 Å². The van der Waals surface area contributed by atoms with Gasteiger partial charge in [0, 0.05) is 6.54 Å². The molecule has 18 heavy (non-hydrogen) atoms. The summed E-state index contributed by atoms with van der Waals surface area (Å²) in [5.74, 6) is 0.242. The number of hydrogen-bond donors (Lipinski definition) is 3. The van der Waals surface area contributed by atoms with E-state index in [0.29, 0.717) is 0 Å². The van der Waals surface area contributed by atoms with Gasteiger partial charge in [-0.1, -0.05) is 18.2 Å². The van der Waals surface area contributed by atoms with Crippen molar-refractivity contribution in [3.05, 3.63) is 29.3 Å².